The fraction of sp³-hybridized carbons (Fsp3) is 0.500. The van der Waals surface area contributed by atoms with E-state index in [1.54, 1.807) is 0 Å². The van der Waals surface area contributed by atoms with Crippen molar-refractivity contribution in [2.75, 3.05) is 23.7 Å². The van der Waals surface area contributed by atoms with Crippen molar-refractivity contribution in [2.45, 2.75) is 26.2 Å². The van der Waals surface area contributed by atoms with Crippen LogP contribution in [0.1, 0.15) is 26.2 Å². The number of carbonyl (C=O) groups is 2. The number of carbonyl (C=O) groups excluding carboxylic acids is 2. The predicted molar refractivity (Wildman–Crippen MR) is 82.0 cm³/mol. The van der Waals surface area contributed by atoms with Crippen LogP contribution in [0.4, 0.5) is 15.8 Å². The Balaban J connectivity index is 1.68. The molecular formula is C16H20FN3O2. The fourth-order valence-electron chi connectivity index (χ4n) is 3.32. The monoisotopic (exact) mass is 305 g/mol. The normalized spacial score (nSPS) is 22.2. The topological polar surface area (TPSA) is 70.2 Å². The van der Waals surface area contributed by atoms with Gasteiger partial charge in [0.05, 0.1) is 5.69 Å². The van der Waals surface area contributed by atoms with E-state index in [2.05, 4.69) is 16.0 Å². The molecule has 0 bridgehead atoms. The molecule has 1 saturated carbocycles. The molecule has 1 aliphatic heterocycles. The summed E-state index contributed by atoms with van der Waals surface area (Å²) in [5, 5.41) is 8.55. The average molecular weight is 305 g/mol. The molecule has 1 unspecified atom stereocenters. The molecule has 1 aliphatic carbocycles. The molecule has 2 amide bonds. The number of hydrogen-bond acceptors (Lipinski definition) is 3. The van der Waals surface area contributed by atoms with E-state index in [1.165, 1.54) is 25.1 Å². The van der Waals surface area contributed by atoms with Gasteiger partial charge in [0.15, 0.2) is 0 Å². The van der Waals surface area contributed by atoms with Gasteiger partial charge in [-0.15, -0.1) is 0 Å². The first kappa shape index (κ1) is 15.0. The molecule has 1 heterocycles. The summed E-state index contributed by atoms with van der Waals surface area (Å²) < 4.78 is 13.8. The molecule has 1 aromatic rings. The molecule has 2 fully saturated rings. The summed E-state index contributed by atoms with van der Waals surface area (Å²) in [6.45, 7) is 3.26. The Bertz CT molecular complexity index is 611. The van der Waals surface area contributed by atoms with Gasteiger partial charge in [0.1, 0.15) is 5.82 Å². The van der Waals surface area contributed by atoms with Crippen LogP contribution in [0.3, 0.4) is 0 Å². The minimum absolute atomic E-state index is 0.0292. The quantitative estimate of drug-likeness (QED) is 0.801. The highest BCUT2D eigenvalue weighted by Gasteiger charge is 2.57. The van der Waals surface area contributed by atoms with E-state index in [-0.39, 0.29) is 28.8 Å². The lowest BCUT2D eigenvalue weighted by molar-refractivity contribution is -0.118. The van der Waals surface area contributed by atoms with Gasteiger partial charge in [0, 0.05) is 18.5 Å². The van der Waals surface area contributed by atoms with Gasteiger partial charge in [0.2, 0.25) is 11.8 Å². The van der Waals surface area contributed by atoms with Crippen molar-refractivity contribution in [3.63, 3.8) is 0 Å². The lowest BCUT2D eigenvalue weighted by atomic mass is 9.92. The second kappa shape index (κ2) is 5.68. The third-order valence-corrected chi connectivity index (χ3v) is 4.65. The molecule has 22 heavy (non-hydrogen) atoms. The Morgan fingerprint density at radius 1 is 1.27 bits per heavy atom. The second-order valence-electron chi connectivity index (χ2n) is 6.23. The Morgan fingerprint density at radius 2 is 2.00 bits per heavy atom. The molecule has 0 radical (unpaired) electrons. The summed E-state index contributed by atoms with van der Waals surface area (Å²) in [5.74, 6) is -0.888. The fourth-order valence-corrected chi connectivity index (χ4v) is 3.32. The van der Waals surface area contributed by atoms with Crippen LogP contribution in [0.5, 0.6) is 0 Å². The van der Waals surface area contributed by atoms with E-state index in [1.807, 2.05) is 0 Å². The van der Waals surface area contributed by atoms with Gasteiger partial charge in [0.25, 0.3) is 0 Å². The third kappa shape index (κ3) is 2.97. The smallest absolute Gasteiger partial charge is 0.228 e. The summed E-state index contributed by atoms with van der Waals surface area (Å²) in [7, 11) is 0. The van der Waals surface area contributed by atoms with Crippen LogP contribution in [-0.4, -0.2) is 24.9 Å². The minimum atomic E-state index is -0.498. The number of rotatable bonds is 3. The number of halogens is 1. The number of nitrogens with one attached hydrogen (secondary N) is 3. The largest absolute Gasteiger partial charge is 0.326 e. The van der Waals surface area contributed by atoms with Gasteiger partial charge in [-0.3, -0.25) is 9.59 Å². The molecule has 118 valence electrons. The van der Waals surface area contributed by atoms with E-state index >= 15 is 0 Å². The summed E-state index contributed by atoms with van der Waals surface area (Å²) in [4.78, 5) is 23.4. The summed E-state index contributed by atoms with van der Waals surface area (Å²) in [5.41, 5.74) is 0.699. The van der Waals surface area contributed by atoms with Crippen LogP contribution >= 0.6 is 0 Å². The van der Waals surface area contributed by atoms with Gasteiger partial charge in [-0.1, -0.05) is 0 Å². The number of amides is 2. The highest BCUT2D eigenvalue weighted by atomic mass is 19.1. The molecule has 1 aromatic carbocycles. The zero-order chi connectivity index (χ0) is 15.7. The number of benzene rings is 1. The zero-order valence-corrected chi connectivity index (χ0v) is 12.5. The van der Waals surface area contributed by atoms with Crippen molar-refractivity contribution in [1.82, 2.24) is 5.32 Å². The molecule has 3 N–H and O–H groups in total. The van der Waals surface area contributed by atoms with Gasteiger partial charge in [-0.2, -0.15) is 0 Å². The molecule has 1 saturated heterocycles. The molecular weight excluding hydrogens is 285 g/mol. The molecule has 2 aliphatic rings. The average Bonchev–Trinajstić information content (AvgIpc) is 3.16. The Labute approximate surface area is 128 Å². The number of anilines is 2. The minimum Gasteiger partial charge on any atom is -0.326 e. The number of piperidine rings is 1. The van der Waals surface area contributed by atoms with E-state index in [0.717, 1.165) is 32.4 Å². The Hall–Kier alpha value is -1.95. The standard InChI is InChI=1S/C16H20FN3O2/c1-10(21)19-11-2-3-13(17)14(8-11)20-15(22)12-9-16(12)4-6-18-7-5-16/h2-3,8,12,18H,4-7,9H2,1H3,(H,19,21)(H,20,22). The van der Waals surface area contributed by atoms with Gasteiger partial charge < -0.3 is 16.0 Å². The second-order valence-corrected chi connectivity index (χ2v) is 6.23. The molecule has 3 rings (SSSR count). The van der Waals surface area contributed by atoms with Gasteiger partial charge >= 0.3 is 0 Å². The lowest BCUT2D eigenvalue weighted by Crippen LogP contribution is -2.31. The molecule has 1 atom stereocenters. The van der Waals surface area contributed by atoms with E-state index < -0.39 is 5.82 Å². The highest BCUT2D eigenvalue weighted by Crippen LogP contribution is 2.58. The van der Waals surface area contributed by atoms with Crippen molar-refractivity contribution < 1.29 is 14.0 Å². The molecule has 5 nitrogen and oxygen atoms in total. The van der Waals surface area contributed by atoms with Crippen LogP contribution in [0, 0.1) is 17.2 Å². The SMILES string of the molecule is CC(=O)Nc1ccc(F)c(NC(=O)C2CC23CCNCC3)c1. The first-order valence-electron chi connectivity index (χ1n) is 7.59. The van der Waals surface area contributed by atoms with Gasteiger partial charge in [-0.05, 0) is 56.0 Å². The summed E-state index contributed by atoms with van der Waals surface area (Å²) >= 11 is 0. The van der Waals surface area contributed by atoms with Crippen LogP contribution in [-0.2, 0) is 9.59 Å². The summed E-state index contributed by atoms with van der Waals surface area (Å²) in [6, 6.07) is 4.16. The maximum absolute atomic E-state index is 13.8. The van der Waals surface area contributed by atoms with Crippen molar-refractivity contribution in [3.8, 4) is 0 Å². The van der Waals surface area contributed by atoms with Gasteiger partial charge in [-0.25, -0.2) is 4.39 Å². The maximum Gasteiger partial charge on any atom is 0.228 e. The van der Waals surface area contributed by atoms with Crippen LogP contribution < -0.4 is 16.0 Å². The van der Waals surface area contributed by atoms with Crippen LogP contribution in [0.25, 0.3) is 0 Å². The van der Waals surface area contributed by atoms with Crippen molar-refractivity contribution in [2.24, 2.45) is 11.3 Å². The van der Waals surface area contributed by atoms with Crippen molar-refractivity contribution in [3.05, 3.63) is 24.0 Å². The summed E-state index contributed by atoms with van der Waals surface area (Å²) in [6.07, 6.45) is 2.88. The first-order valence-corrected chi connectivity index (χ1v) is 7.59. The highest BCUT2D eigenvalue weighted by molar-refractivity contribution is 5.96. The maximum atomic E-state index is 13.8. The van der Waals surface area contributed by atoms with Crippen LogP contribution in [0.15, 0.2) is 18.2 Å². The molecule has 6 heteroatoms. The number of hydrogen-bond donors (Lipinski definition) is 3. The molecule has 0 aromatic heterocycles. The predicted octanol–water partition coefficient (Wildman–Crippen LogP) is 2.11. The van der Waals surface area contributed by atoms with E-state index in [4.69, 9.17) is 0 Å². The van der Waals surface area contributed by atoms with E-state index in [9.17, 15) is 14.0 Å². The van der Waals surface area contributed by atoms with Crippen molar-refractivity contribution >= 4 is 23.2 Å². The molecule has 1 spiro atoms. The lowest BCUT2D eigenvalue weighted by Gasteiger charge is -2.23. The Kier molecular flexibility index (Phi) is 3.87. The first-order chi connectivity index (χ1) is 10.5. The van der Waals surface area contributed by atoms with E-state index in [0.29, 0.717) is 5.69 Å². The van der Waals surface area contributed by atoms with Crippen molar-refractivity contribution in [1.29, 1.82) is 0 Å². The Morgan fingerprint density at radius 3 is 2.68 bits per heavy atom. The zero-order valence-electron chi connectivity index (χ0n) is 12.5. The third-order valence-electron chi connectivity index (χ3n) is 4.65. The van der Waals surface area contributed by atoms with Crippen LogP contribution in [0.2, 0.25) is 0 Å².